The molecular formula is C15H16N2O4. The molecule has 2 amide bonds. The maximum Gasteiger partial charge on any atom is 0.252 e. The van der Waals surface area contributed by atoms with Gasteiger partial charge in [0.05, 0.1) is 19.1 Å². The summed E-state index contributed by atoms with van der Waals surface area (Å²) in [4.78, 5) is 23.4. The molecule has 3 N–H and O–H groups in total. The van der Waals surface area contributed by atoms with Gasteiger partial charge in [-0.2, -0.15) is 0 Å². The van der Waals surface area contributed by atoms with E-state index in [-0.39, 0.29) is 12.5 Å². The minimum absolute atomic E-state index is 0.0303. The summed E-state index contributed by atoms with van der Waals surface area (Å²) >= 11 is 0. The zero-order chi connectivity index (χ0) is 15.2. The van der Waals surface area contributed by atoms with Crippen LogP contribution in [-0.4, -0.2) is 31.6 Å². The van der Waals surface area contributed by atoms with Gasteiger partial charge < -0.3 is 20.2 Å². The Hall–Kier alpha value is -2.60. The van der Waals surface area contributed by atoms with Crippen LogP contribution in [0.3, 0.4) is 0 Å². The summed E-state index contributed by atoms with van der Waals surface area (Å²) in [7, 11) is 1.43. The van der Waals surface area contributed by atoms with E-state index in [4.69, 9.17) is 14.9 Å². The third-order valence-electron chi connectivity index (χ3n) is 2.96. The Bertz CT molecular complexity index is 622. The average molecular weight is 288 g/mol. The number of hydrogen-bond acceptors (Lipinski definition) is 4. The van der Waals surface area contributed by atoms with Gasteiger partial charge in [0, 0.05) is 18.2 Å². The molecule has 21 heavy (non-hydrogen) atoms. The predicted molar refractivity (Wildman–Crippen MR) is 76.5 cm³/mol. The Morgan fingerprint density at radius 2 is 2.14 bits per heavy atom. The third-order valence-corrected chi connectivity index (χ3v) is 2.96. The molecule has 6 nitrogen and oxygen atoms in total. The van der Waals surface area contributed by atoms with Crippen molar-refractivity contribution >= 4 is 11.8 Å². The number of nitrogens with two attached hydrogens (primary N) is 1. The van der Waals surface area contributed by atoms with Crippen LogP contribution in [0, 0.1) is 0 Å². The van der Waals surface area contributed by atoms with Gasteiger partial charge in [0.25, 0.3) is 5.91 Å². The van der Waals surface area contributed by atoms with E-state index in [0.29, 0.717) is 5.56 Å². The van der Waals surface area contributed by atoms with Crippen LogP contribution >= 0.6 is 0 Å². The smallest absolute Gasteiger partial charge is 0.252 e. The van der Waals surface area contributed by atoms with Crippen LogP contribution in [-0.2, 0) is 9.53 Å². The van der Waals surface area contributed by atoms with Crippen LogP contribution in [0.4, 0.5) is 0 Å². The number of hydrogen-bond donors (Lipinski definition) is 2. The van der Waals surface area contributed by atoms with Crippen molar-refractivity contribution in [2.24, 2.45) is 5.73 Å². The van der Waals surface area contributed by atoms with Crippen LogP contribution in [0.25, 0.3) is 11.1 Å². The summed E-state index contributed by atoms with van der Waals surface area (Å²) in [5, 5.41) is 2.54. The number of methoxy groups -OCH3 is 1. The molecule has 2 aromatic rings. The van der Waals surface area contributed by atoms with Crippen molar-refractivity contribution in [1.82, 2.24) is 5.32 Å². The molecule has 110 valence electrons. The molecule has 2 rings (SSSR count). The fourth-order valence-corrected chi connectivity index (χ4v) is 1.87. The molecule has 1 atom stereocenters. The van der Waals surface area contributed by atoms with Crippen molar-refractivity contribution in [3.63, 3.8) is 0 Å². The molecule has 6 heteroatoms. The highest BCUT2D eigenvalue weighted by molar-refractivity contribution is 5.98. The number of primary amides is 1. The number of nitrogens with one attached hydrogen (secondary N) is 1. The number of carbonyl (C=O) groups is 2. The molecule has 1 aromatic heterocycles. The molecule has 0 aliphatic rings. The number of furan rings is 1. The predicted octanol–water partition coefficient (Wildman–Crippen LogP) is 1.18. The van der Waals surface area contributed by atoms with E-state index in [9.17, 15) is 9.59 Å². The van der Waals surface area contributed by atoms with E-state index in [0.717, 1.165) is 11.1 Å². The third kappa shape index (κ3) is 3.70. The Kier molecular flexibility index (Phi) is 4.73. The van der Waals surface area contributed by atoms with E-state index in [2.05, 4.69) is 5.32 Å². The van der Waals surface area contributed by atoms with Gasteiger partial charge in [-0.3, -0.25) is 9.59 Å². The first-order valence-corrected chi connectivity index (χ1v) is 6.33. The molecular weight excluding hydrogens is 272 g/mol. The normalized spacial score (nSPS) is 11.9. The molecule has 0 bridgehead atoms. The number of amides is 2. The highest BCUT2D eigenvalue weighted by atomic mass is 16.5. The zero-order valence-electron chi connectivity index (χ0n) is 11.5. The molecule has 0 aliphatic heterocycles. The van der Waals surface area contributed by atoms with Crippen molar-refractivity contribution in [2.45, 2.75) is 6.04 Å². The molecule has 1 aromatic carbocycles. The molecule has 0 radical (unpaired) electrons. The van der Waals surface area contributed by atoms with Gasteiger partial charge in [-0.1, -0.05) is 12.1 Å². The van der Waals surface area contributed by atoms with E-state index in [1.807, 2.05) is 6.07 Å². The summed E-state index contributed by atoms with van der Waals surface area (Å²) in [5.74, 6) is -1.03. The van der Waals surface area contributed by atoms with E-state index >= 15 is 0 Å². The lowest BCUT2D eigenvalue weighted by atomic mass is 10.1. The highest BCUT2D eigenvalue weighted by Crippen LogP contribution is 2.20. The highest BCUT2D eigenvalue weighted by Gasteiger charge is 2.18. The van der Waals surface area contributed by atoms with Crippen molar-refractivity contribution in [2.75, 3.05) is 13.7 Å². The molecule has 0 unspecified atom stereocenters. The Balaban J connectivity index is 2.16. The fourth-order valence-electron chi connectivity index (χ4n) is 1.87. The average Bonchev–Trinajstić information content (AvgIpc) is 3.01. The summed E-state index contributed by atoms with van der Waals surface area (Å²) in [6, 6.07) is 7.93. The first-order chi connectivity index (χ1) is 10.1. The topological polar surface area (TPSA) is 94.6 Å². The van der Waals surface area contributed by atoms with Gasteiger partial charge in [0.15, 0.2) is 0 Å². The minimum atomic E-state index is -0.861. The second-order valence-electron chi connectivity index (χ2n) is 4.48. The van der Waals surface area contributed by atoms with Crippen LogP contribution < -0.4 is 11.1 Å². The summed E-state index contributed by atoms with van der Waals surface area (Å²) < 4.78 is 9.88. The van der Waals surface area contributed by atoms with E-state index in [1.165, 1.54) is 7.11 Å². The lowest BCUT2D eigenvalue weighted by molar-refractivity contribution is -0.121. The van der Waals surface area contributed by atoms with E-state index in [1.54, 1.807) is 36.8 Å². The van der Waals surface area contributed by atoms with E-state index < -0.39 is 11.9 Å². The molecule has 0 aliphatic carbocycles. The van der Waals surface area contributed by atoms with Gasteiger partial charge in [0.2, 0.25) is 5.91 Å². The monoisotopic (exact) mass is 288 g/mol. The fraction of sp³-hybridized carbons (Fsp3) is 0.200. The number of benzene rings is 1. The van der Waals surface area contributed by atoms with Gasteiger partial charge >= 0.3 is 0 Å². The lowest BCUT2D eigenvalue weighted by Gasteiger charge is -2.14. The summed E-state index contributed by atoms with van der Waals surface area (Å²) in [5.41, 5.74) is 7.35. The van der Waals surface area contributed by atoms with Crippen molar-refractivity contribution in [3.8, 4) is 11.1 Å². The Labute approximate surface area is 121 Å². The van der Waals surface area contributed by atoms with Gasteiger partial charge in [-0.15, -0.1) is 0 Å². The SMILES string of the molecule is COC[C@H](NC(=O)c1cccc(-c2ccoc2)c1)C(N)=O. The molecule has 0 fully saturated rings. The second-order valence-corrected chi connectivity index (χ2v) is 4.48. The van der Waals surface area contributed by atoms with Crippen LogP contribution in [0.1, 0.15) is 10.4 Å². The minimum Gasteiger partial charge on any atom is -0.472 e. The van der Waals surface area contributed by atoms with Crippen molar-refractivity contribution in [3.05, 3.63) is 48.4 Å². The molecule has 0 spiro atoms. The van der Waals surface area contributed by atoms with Crippen molar-refractivity contribution < 1.29 is 18.7 Å². The standard InChI is InChI=1S/C15H16N2O4/c1-20-9-13(14(16)18)17-15(19)11-4-2-3-10(7-11)12-5-6-21-8-12/h2-8,13H,9H2,1H3,(H2,16,18)(H,17,19)/t13-/m0/s1. The van der Waals surface area contributed by atoms with Crippen LogP contribution in [0.2, 0.25) is 0 Å². The first-order valence-electron chi connectivity index (χ1n) is 6.33. The zero-order valence-corrected chi connectivity index (χ0v) is 11.5. The Morgan fingerprint density at radius 3 is 2.76 bits per heavy atom. The van der Waals surface area contributed by atoms with Gasteiger partial charge in [-0.25, -0.2) is 0 Å². The van der Waals surface area contributed by atoms with Gasteiger partial charge in [-0.05, 0) is 23.8 Å². The first kappa shape index (κ1) is 14.8. The molecule has 0 saturated heterocycles. The largest absolute Gasteiger partial charge is 0.472 e. The number of ether oxygens (including phenoxy) is 1. The summed E-state index contributed by atoms with van der Waals surface area (Å²) in [6.07, 6.45) is 3.15. The second kappa shape index (κ2) is 6.71. The number of rotatable bonds is 6. The molecule has 0 saturated carbocycles. The molecule has 1 heterocycles. The Morgan fingerprint density at radius 1 is 1.33 bits per heavy atom. The van der Waals surface area contributed by atoms with Crippen molar-refractivity contribution in [1.29, 1.82) is 0 Å². The maximum atomic E-state index is 12.2. The number of carbonyl (C=O) groups excluding carboxylic acids is 2. The summed E-state index contributed by atoms with van der Waals surface area (Å²) in [6.45, 7) is 0.0303. The quantitative estimate of drug-likeness (QED) is 0.834. The maximum absolute atomic E-state index is 12.2. The van der Waals surface area contributed by atoms with Gasteiger partial charge in [0.1, 0.15) is 6.04 Å². The van der Waals surface area contributed by atoms with Crippen LogP contribution in [0.5, 0.6) is 0 Å². The van der Waals surface area contributed by atoms with Crippen LogP contribution in [0.15, 0.2) is 47.3 Å². The lowest BCUT2D eigenvalue weighted by Crippen LogP contribution is -2.47.